The molecular formula is C20H21O3PS. The summed E-state index contributed by atoms with van der Waals surface area (Å²) in [5.41, 5.74) is -0.589. The van der Waals surface area contributed by atoms with Crippen molar-refractivity contribution in [3.63, 3.8) is 0 Å². The third kappa shape index (κ3) is 4.60. The predicted molar refractivity (Wildman–Crippen MR) is 105 cm³/mol. The Morgan fingerprint density at radius 2 is 1.40 bits per heavy atom. The summed E-state index contributed by atoms with van der Waals surface area (Å²) in [4.78, 5) is 0. The van der Waals surface area contributed by atoms with Gasteiger partial charge in [0.2, 0.25) is 0 Å². The number of hydrogen-bond acceptors (Lipinski definition) is 4. The molecule has 130 valence electrons. The summed E-state index contributed by atoms with van der Waals surface area (Å²) in [6, 6.07) is 18.8. The van der Waals surface area contributed by atoms with Gasteiger partial charge in [-0.3, -0.25) is 4.52 Å². The molecule has 2 aromatic rings. The summed E-state index contributed by atoms with van der Waals surface area (Å²) in [6.45, 7) is 1.00. The summed E-state index contributed by atoms with van der Waals surface area (Å²) in [6.07, 6.45) is 8.06. The van der Waals surface area contributed by atoms with E-state index in [-0.39, 0.29) is 5.92 Å². The van der Waals surface area contributed by atoms with Crippen LogP contribution >= 0.6 is 6.72 Å². The summed E-state index contributed by atoms with van der Waals surface area (Å²) in [5.74, 6) is 1.42. The largest absolute Gasteiger partial charge is 0.435 e. The van der Waals surface area contributed by atoms with Crippen LogP contribution in [0.3, 0.4) is 0 Å². The average Bonchev–Trinajstić information content (AvgIpc) is 2.59. The molecule has 1 aliphatic rings. The zero-order valence-electron chi connectivity index (χ0n) is 14.2. The van der Waals surface area contributed by atoms with Crippen molar-refractivity contribution in [1.29, 1.82) is 0 Å². The Hall–Kier alpha value is -1.87. The van der Waals surface area contributed by atoms with Crippen molar-refractivity contribution >= 4 is 18.5 Å². The van der Waals surface area contributed by atoms with Crippen LogP contribution in [0.1, 0.15) is 13.8 Å². The Morgan fingerprint density at radius 1 is 0.880 bits per heavy atom. The third-order valence-corrected chi connectivity index (χ3v) is 6.23. The van der Waals surface area contributed by atoms with Gasteiger partial charge in [0.15, 0.2) is 0 Å². The molecule has 0 saturated carbocycles. The predicted octanol–water partition coefficient (Wildman–Crippen LogP) is 5.91. The number of rotatable bonds is 6. The molecule has 0 heterocycles. The minimum atomic E-state index is -3.09. The van der Waals surface area contributed by atoms with E-state index in [9.17, 15) is 0 Å². The summed E-state index contributed by atoms with van der Waals surface area (Å²) < 4.78 is 18.4. The van der Waals surface area contributed by atoms with Crippen molar-refractivity contribution in [3.8, 4) is 11.5 Å². The maximum Gasteiger partial charge on any atom is 0.435 e. The second-order valence-corrected chi connectivity index (χ2v) is 8.85. The van der Waals surface area contributed by atoms with Gasteiger partial charge in [0.1, 0.15) is 17.1 Å². The molecule has 0 N–H and O–H groups in total. The molecule has 0 aromatic heterocycles. The van der Waals surface area contributed by atoms with Crippen LogP contribution in [0.2, 0.25) is 0 Å². The normalized spacial score (nSPS) is 22.6. The number of para-hydroxylation sites is 2. The number of benzene rings is 2. The first-order valence-corrected chi connectivity index (χ1v) is 10.7. The molecule has 3 rings (SSSR count). The fourth-order valence-electron chi connectivity index (χ4n) is 2.45. The van der Waals surface area contributed by atoms with Gasteiger partial charge < -0.3 is 9.05 Å². The van der Waals surface area contributed by atoms with Crippen molar-refractivity contribution in [1.82, 2.24) is 0 Å². The van der Waals surface area contributed by atoms with Crippen molar-refractivity contribution in [3.05, 3.63) is 85.0 Å². The summed E-state index contributed by atoms with van der Waals surface area (Å²) >= 11 is 5.76. The first kappa shape index (κ1) is 17.9. The van der Waals surface area contributed by atoms with E-state index in [4.69, 9.17) is 25.4 Å². The SMILES string of the molecule is CC1C=CC=CC1(C)OP(=S)(Oc1ccccc1)Oc1ccccc1. The van der Waals surface area contributed by atoms with Crippen LogP contribution in [-0.4, -0.2) is 5.60 Å². The lowest BCUT2D eigenvalue weighted by Gasteiger charge is -2.36. The molecule has 0 spiro atoms. The van der Waals surface area contributed by atoms with Gasteiger partial charge in [-0.25, -0.2) is 0 Å². The lowest BCUT2D eigenvalue weighted by Crippen LogP contribution is -2.34. The highest BCUT2D eigenvalue weighted by atomic mass is 32.5. The van der Waals surface area contributed by atoms with Crippen LogP contribution in [0.4, 0.5) is 0 Å². The van der Waals surface area contributed by atoms with Gasteiger partial charge in [-0.15, -0.1) is 0 Å². The average molecular weight is 372 g/mol. The molecule has 2 aromatic carbocycles. The molecular weight excluding hydrogens is 351 g/mol. The van der Waals surface area contributed by atoms with Gasteiger partial charge in [-0.1, -0.05) is 67.6 Å². The summed E-state index contributed by atoms with van der Waals surface area (Å²) in [7, 11) is 0. The zero-order chi connectivity index (χ0) is 17.8. The maximum atomic E-state index is 6.33. The van der Waals surface area contributed by atoms with Crippen molar-refractivity contribution in [2.45, 2.75) is 19.4 Å². The molecule has 0 fully saturated rings. The van der Waals surface area contributed by atoms with E-state index in [2.05, 4.69) is 13.0 Å². The van der Waals surface area contributed by atoms with Gasteiger partial charge >= 0.3 is 6.72 Å². The monoisotopic (exact) mass is 372 g/mol. The maximum absolute atomic E-state index is 6.33. The Morgan fingerprint density at radius 3 is 1.88 bits per heavy atom. The van der Waals surface area contributed by atoms with Crippen LogP contribution in [0.5, 0.6) is 11.5 Å². The Balaban J connectivity index is 1.90. The second kappa shape index (κ2) is 7.57. The van der Waals surface area contributed by atoms with E-state index in [1.54, 1.807) is 0 Å². The highest BCUT2D eigenvalue weighted by Gasteiger charge is 2.39. The Kier molecular flexibility index (Phi) is 5.43. The molecule has 0 aliphatic heterocycles. The fourth-order valence-corrected chi connectivity index (χ4v) is 5.03. The van der Waals surface area contributed by atoms with Gasteiger partial charge in [-0.2, -0.15) is 0 Å². The van der Waals surface area contributed by atoms with Crippen molar-refractivity contribution in [2.24, 2.45) is 5.92 Å². The molecule has 0 radical (unpaired) electrons. The van der Waals surface area contributed by atoms with Crippen LogP contribution < -0.4 is 9.05 Å². The van der Waals surface area contributed by atoms with Gasteiger partial charge in [0, 0.05) is 17.7 Å². The van der Waals surface area contributed by atoms with Gasteiger partial charge in [0.25, 0.3) is 0 Å². The first-order valence-electron chi connectivity index (χ1n) is 8.15. The molecule has 0 amide bonds. The smallest absolute Gasteiger partial charge is 0.416 e. The molecule has 2 unspecified atom stereocenters. The second-order valence-electron chi connectivity index (χ2n) is 6.06. The number of hydrogen-bond donors (Lipinski definition) is 0. The van der Waals surface area contributed by atoms with Crippen LogP contribution in [0, 0.1) is 5.92 Å². The molecule has 25 heavy (non-hydrogen) atoms. The van der Waals surface area contributed by atoms with Crippen molar-refractivity contribution in [2.75, 3.05) is 0 Å². The van der Waals surface area contributed by atoms with Gasteiger partial charge in [0.05, 0.1) is 0 Å². The minimum Gasteiger partial charge on any atom is -0.416 e. The molecule has 3 nitrogen and oxygen atoms in total. The Bertz CT molecular complexity index is 759. The van der Waals surface area contributed by atoms with Crippen molar-refractivity contribution < 1.29 is 13.6 Å². The molecule has 2 atom stereocenters. The fraction of sp³-hybridized carbons (Fsp3) is 0.200. The lowest BCUT2D eigenvalue weighted by atomic mass is 9.87. The topological polar surface area (TPSA) is 27.7 Å². The molecule has 0 bridgehead atoms. The van der Waals surface area contributed by atoms with E-state index in [1.165, 1.54) is 0 Å². The zero-order valence-corrected chi connectivity index (χ0v) is 16.0. The molecule has 0 saturated heterocycles. The first-order chi connectivity index (χ1) is 12.0. The van der Waals surface area contributed by atoms with E-state index < -0.39 is 12.3 Å². The Labute approximate surface area is 154 Å². The minimum absolute atomic E-state index is 0.151. The van der Waals surface area contributed by atoms with Crippen LogP contribution in [-0.2, 0) is 16.3 Å². The molecule has 1 aliphatic carbocycles. The van der Waals surface area contributed by atoms with Gasteiger partial charge in [-0.05, 0) is 31.2 Å². The van der Waals surface area contributed by atoms with E-state index in [0.29, 0.717) is 11.5 Å². The standard InChI is InChI=1S/C20H21O3PS/c1-17-11-9-10-16-20(17,2)23-24(25,21-18-12-5-3-6-13-18)22-19-14-7-4-8-15-19/h3-17H,1-2H3. The van der Waals surface area contributed by atoms with Crippen LogP contribution in [0.25, 0.3) is 0 Å². The molecule has 5 heteroatoms. The third-order valence-electron chi connectivity index (χ3n) is 4.07. The lowest BCUT2D eigenvalue weighted by molar-refractivity contribution is 0.0865. The number of allylic oxidation sites excluding steroid dienone is 2. The van der Waals surface area contributed by atoms with E-state index in [1.807, 2.05) is 85.8 Å². The highest BCUT2D eigenvalue weighted by Crippen LogP contribution is 2.54. The quantitative estimate of drug-likeness (QED) is 0.590. The summed E-state index contributed by atoms with van der Waals surface area (Å²) in [5, 5.41) is 0. The highest BCUT2D eigenvalue weighted by molar-refractivity contribution is 8.07. The van der Waals surface area contributed by atoms with Crippen LogP contribution in [0.15, 0.2) is 85.0 Å². The van der Waals surface area contributed by atoms with E-state index in [0.717, 1.165) is 0 Å². The van der Waals surface area contributed by atoms with E-state index >= 15 is 0 Å².